The summed E-state index contributed by atoms with van der Waals surface area (Å²) in [5.41, 5.74) is 9.25. The van der Waals surface area contributed by atoms with Crippen LogP contribution in [0.2, 0.25) is 0 Å². The van der Waals surface area contributed by atoms with Gasteiger partial charge in [-0.1, -0.05) is 99.8 Å². The molecule has 19 heavy (non-hydrogen) atoms. The van der Waals surface area contributed by atoms with Crippen LogP contribution in [0.3, 0.4) is 0 Å². The van der Waals surface area contributed by atoms with Gasteiger partial charge in [0.1, 0.15) is 0 Å². The third-order valence-corrected chi connectivity index (χ3v) is 2.85. The van der Waals surface area contributed by atoms with Crippen molar-refractivity contribution in [1.82, 2.24) is 0 Å². The van der Waals surface area contributed by atoms with Crippen LogP contribution < -0.4 is 11.5 Å². The maximum absolute atomic E-state index is 4.62. The van der Waals surface area contributed by atoms with Gasteiger partial charge < -0.3 is 11.5 Å². The van der Waals surface area contributed by atoms with Crippen LogP contribution in [0.25, 0.3) is 0 Å². The summed E-state index contributed by atoms with van der Waals surface area (Å²) in [6.07, 6.45) is 12.9. The second-order valence-electron chi connectivity index (χ2n) is 4.69. The lowest BCUT2D eigenvalue weighted by atomic mass is 9.88. The fourth-order valence-electron chi connectivity index (χ4n) is 1.47. The summed E-state index contributed by atoms with van der Waals surface area (Å²) in [5, 5.41) is 0. The minimum atomic E-state index is 0. The first-order chi connectivity index (χ1) is 8.72. The molecule has 0 atom stereocenters. The van der Waals surface area contributed by atoms with Gasteiger partial charge in [-0.05, 0) is 5.92 Å². The Bertz CT molecular complexity index is 95.4. The van der Waals surface area contributed by atoms with E-state index < -0.39 is 0 Å². The number of hydrogen-bond donors (Lipinski definition) is 2. The lowest BCUT2D eigenvalue weighted by molar-refractivity contribution is 0.346. The van der Waals surface area contributed by atoms with Gasteiger partial charge in [0.2, 0.25) is 0 Å². The molecular weight excluding hydrogens is 232 g/mol. The van der Waals surface area contributed by atoms with Gasteiger partial charge in [-0.2, -0.15) is 0 Å². The highest BCUT2D eigenvalue weighted by molar-refractivity contribution is 4.62. The highest BCUT2D eigenvalue weighted by Gasteiger charge is 2.09. The molecule has 1 rings (SSSR count). The van der Waals surface area contributed by atoms with Crippen LogP contribution in [0.1, 0.15) is 99.8 Å². The largest absolute Gasteiger partial charge is 0.319 e. The predicted molar refractivity (Wildman–Crippen MR) is 93.4 cm³/mol. The second kappa shape index (κ2) is 30.7. The molecule has 1 saturated carbocycles. The summed E-state index contributed by atoms with van der Waals surface area (Å²) in [6, 6.07) is 0. The van der Waals surface area contributed by atoms with Crippen molar-refractivity contribution in [2.24, 2.45) is 17.4 Å². The number of nitrogens with two attached hydrogens (primary N) is 2. The molecular formula is C17H44N2. The van der Waals surface area contributed by atoms with E-state index in [1.807, 2.05) is 13.8 Å². The van der Waals surface area contributed by atoms with Gasteiger partial charge in [0.15, 0.2) is 0 Å². The maximum atomic E-state index is 4.62. The smallest absolute Gasteiger partial charge is 0.0403 e. The zero-order valence-electron chi connectivity index (χ0n) is 13.8. The van der Waals surface area contributed by atoms with Crippen molar-refractivity contribution in [2.75, 3.05) is 6.67 Å². The van der Waals surface area contributed by atoms with Crippen LogP contribution in [-0.2, 0) is 0 Å². The van der Waals surface area contributed by atoms with Crippen LogP contribution in [0.4, 0.5) is 0 Å². The van der Waals surface area contributed by atoms with Crippen molar-refractivity contribution in [1.29, 1.82) is 0 Å². The Kier molecular flexibility index (Phi) is 44.1. The van der Waals surface area contributed by atoms with Gasteiger partial charge in [-0.3, -0.25) is 0 Å². The van der Waals surface area contributed by atoms with Crippen molar-refractivity contribution in [3.05, 3.63) is 0 Å². The van der Waals surface area contributed by atoms with Crippen molar-refractivity contribution in [3.8, 4) is 0 Å². The second-order valence-corrected chi connectivity index (χ2v) is 4.69. The first-order valence-electron chi connectivity index (χ1n) is 8.12. The minimum absolute atomic E-state index is 0. The highest BCUT2D eigenvalue weighted by Crippen LogP contribution is 2.24. The molecule has 122 valence electrons. The van der Waals surface area contributed by atoms with E-state index in [2.05, 4.69) is 32.2 Å². The van der Waals surface area contributed by atoms with E-state index in [1.165, 1.54) is 57.8 Å². The van der Waals surface area contributed by atoms with E-state index in [0.29, 0.717) is 0 Å². The molecule has 1 aliphatic rings. The van der Waals surface area contributed by atoms with Gasteiger partial charge in [-0.25, -0.2) is 0 Å². The Hall–Kier alpha value is -0.0800. The van der Waals surface area contributed by atoms with Gasteiger partial charge in [0.25, 0.3) is 0 Å². The average Bonchev–Trinajstić information content (AvgIpc) is 2.36. The molecule has 0 saturated heterocycles. The molecule has 2 heteroatoms. The van der Waals surface area contributed by atoms with E-state index in [1.54, 1.807) is 0 Å². The van der Waals surface area contributed by atoms with Gasteiger partial charge in [0, 0.05) is 6.67 Å². The Morgan fingerprint density at radius 2 is 1.11 bits per heavy atom. The van der Waals surface area contributed by atoms with E-state index in [-0.39, 0.29) is 14.1 Å². The monoisotopic (exact) mass is 276 g/mol. The molecule has 0 radical (unpaired) electrons. The standard InChI is InChI=1S/C8H18.C5H10.C2H6.CH6N2.CH4/c1-3-5-7-8-6-4-2;1-5-3-2-4-5;1-2;2-1-3;/h3-8H2,1-2H3;5H,2-4H2,1H3;1-2H3;1-3H2;1H4. The normalized spacial score (nSPS) is 12.2. The molecule has 2 nitrogen and oxygen atoms in total. The van der Waals surface area contributed by atoms with Crippen LogP contribution in [0, 0.1) is 5.92 Å². The predicted octanol–water partition coefficient (Wildman–Crippen LogP) is 5.70. The molecule has 0 aromatic heterocycles. The molecule has 0 bridgehead atoms. The Balaban J connectivity index is -0.0000000883. The average molecular weight is 277 g/mol. The molecule has 4 N–H and O–H groups in total. The SMILES string of the molecule is C.CC.CC1CCC1.CCCCCCCC.NCN. The van der Waals surface area contributed by atoms with E-state index in [0.717, 1.165) is 5.92 Å². The third-order valence-electron chi connectivity index (χ3n) is 2.85. The fourth-order valence-corrected chi connectivity index (χ4v) is 1.47. The van der Waals surface area contributed by atoms with Crippen molar-refractivity contribution >= 4 is 0 Å². The van der Waals surface area contributed by atoms with E-state index in [4.69, 9.17) is 0 Å². The van der Waals surface area contributed by atoms with Crippen LogP contribution in [0.5, 0.6) is 0 Å². The maximum Gasteiger partial charge on any atom is 0.0403 e. The van der Waals surface area contributed by atoms with Crippen LogP contribution in [0.15, 0.2) is 0 Å². The third kappa shape index (κ3) is 38.1. The first kappa shape index (κ1) is 27.3. The molecule has 0 unspecified atom stereocenters. The van der Waals surface area contributed by atoms with Crippen molar-refractivity contribution in [3.63, 3.8) is 0 Å². The molecule has 0 spiro atoms. The number of rotatable bonds is 5. The Morgan fingerprint density at radius 3 is 1.21 bits per heavy atom. The Morgan fingerprint density at radius 1 is 0.842 bits per heavy atom. The first-order valence-corrected chi connectivity index (χ1v) is 8.12. The Labute approximate surface area is 124 Å². The van der Waals surface area contributed by atoms with Gasteiger partial charge >= 0.3 is 0 Å². The molecule has 0 aromatic carbocycles. The minimum Gasteiger partial charge on any atom is -0.319 e. The highest BCUT2D eigenvalue weighted by atomic mass is 14.7. The van der Waals surface area contributed by atoms with Crippen molar-refractivity contribution in [2.45, 2.75) is 99.8 Å². The van der Waals surface area contributed by atoms with E-state index >= 15 is 0 Å². The number of hydrogen-bond acceptors (Lipinski definition) is 2. The topological polar surface area (TPSA) is 52.0 Å². The number of unbranched alkanes of at least 4 members (excludes halogenated alkanes) is 5. The van der Waals surface area contributed by atoms with Crippen LogP contribution >= 0.6 is 0 Å². The molecule has 0 aliphatic heterocycles. The lowest BCUT2D eigenvalue weighted by Gasteiger charge is -2.18. The molecule has 1 fully saturated rings. The molecule has 1 aliphatic carbocycles. The summed E-state index contributed by atoms with van der Waals surface area (Å²) < 4.78 is 0. The fraction of sp³-hybridized carbons (Fsp3) is 1.00. The summed E-state index contributed by atoms with van der Waals surface area (Å²) >= 11 is 0. The summed E-state index contributed by atoms with van der Waals surface area (Å²) in [4.78, 5) is 0. The molecule has 0 amide bonds. The quantitative estimate of drug-likeness (QED) is 0.500. The summed E-state index contributed by atoms with van der Waals surface area (Å²) in [6.45, 7) is 11.1. The zero-order chi connectivity index (χ0) is 14.6. The van der Waals surface area contributed by atoms with E-state index in [9.17, 15) is 0 Å². The molecule has 0 aromatic rings. The zero-order valence-corrected chi connectivity index (χ0v) is 13.8. The van der Waals surface area contributed by atoms with Crippen molar-refractivity contribution < 1.29 is 0 Å². The van der Waals surface area contributed by atoms with Crippen LogP contribution in [-0.4, -0.2) is 6.67 Å². The summed E-state index contributed by atoms with van der Waals surface area (Å²) in [5.74, 6) is 1.06. The summed E-state index contributed by atoms with van der Waals surface area (Å²) in [7, 11) is 0. The van der Waals surface area contributed by atoms with Gasteiger partial charge in [-0.15, -0.1) is 0 Å². The molecule has 0 heterocycles. The van der Waals surface area contributed by atoms with Gasteiger partial charge in [0.05, 0.1) is 0 Å². The lowest BCUT2D eigenvalue weighted by Crippen LogP contribution is -2.08.